The van der Waals surface area contributed by atoms with Crippen LogP contribution in [0.25, 0.3) is 5.57 Å². The molecule has 5 nitrogen and oxygen atoms in total. The SMILES string of the molecule is COc1ccc(C2=C(O)C(=O)N(Cc3ccccc3OC)[C@@H]2c2ccc(C(C)C)cc2)cc1. The van der Waals surface area contributed by atoms with E-state index in [4.69, 9.17) is 9.47 Å². The van der Waals surface area contributed by atoms with Crippen molar-refractivity contribution in [3.63, 3.8) is 0 Å². The van der Waals surface area contributed by atoms with Crippen molar-refractivity contribution in [2.24, 2.45) is 0 Å². The van der Waals surface area contributed by atoms with Crippen LogP contribution in [-0.2, 0) is 11.3 Å². The summed E-state index contributed by atoms with van der Waals surface area (Å²) in [7, 11) is 3.23. The van der Waals surface area contributed by atoms with Crippen LogP contribution in [0.3, 0.4) is 0 Å². The number of amides is 1. The molecule has 33 heavy (non-hydrogen) atoms. The molecular weight excluding hydrogens is 414 g/mol. The van der Waals surface area contributed by atoms with Gasteiger partial charge in [-0.25, -0.2) is 0 Å². The summed E-state index contributed by atoms with van der Waals surface area (Å²) < 4.78 is 10.8. The molecule has 1 heterocycles. The van der Waals surface area contributed by atoms with Crippen LogP contribution < -0.4 is 9.47 Å². The lowest BCUT2D eigenvalue weighted by Crippen LogP contribution is -2.30. The number of rotatable bonds is 7. The highest BCUT2D eigenvalue weighted by Gasteiger charge is 2.41. The van der Waals surface area contributed by atoms with Gasteiger partial charge in [0.15, 0.2) is 5.76 Å². The van der Waals surface area contributed by atoms with Crippen LogP contribution in [0.2, 0.25) is 0 Å². The molecule has 0 saturated carbocycles. The Balaban J connectivity index is 1.81. The molecule has 1 amide bonds. The number of hydrogen-bond donors (Lipinski definition) is 1. The van der Waals surface area contributed by atoms with Crippen LogP contribution in [0.1, 0.15) is 48.1 Å². The summed E-state index contributed by atoms with van der Waals surface area (Å²) >= 11 is 0. The monoisotopic (exact) mass is 443 g/mol. The van der Waals surface area contributed by atoms with Crippen LogP contribution in [0.5, 0.6) is 11.5 Å². The first-order chi connectivity index (χ1) is 15.9. The van der Waals surface area contributed by atoms with Gasteiger partial charge in [-0.2, -0.15) is 0 Å². The molecular formula is C28H29NO4. The molecule has 0 radical (unpaired) electrons. The first-order valence-corrected chi connectivity index (χ1v) is 11.0. The molecule has 3 aromatic carbocycles. The van der Waals surface area contributed by atoms with Gasteiger partial charge in [0.25, 0.3) is 5.91 Å². The van der Waals surface area contributed by atoms with Gasteiger partial charge in [0.05, 0.1) is 26.8 Å². The number of carbonyl (C=O) groups is 1. The predicted octanol–water partition coefficient (Wildman–Crippen LogP) is 5.88. The Kier molecular flexibility index (Phi) is 6.40. The second-order valence-electron chi connectivity index (χ2n) is 8.46. The van der Waals surface area contributed by atoms with Crippen LogP contribution in [-0.4, -0.2) is 30.1 Å². The van der Waals surface area contributed by atoms with E-state index in [0.717, 1.165) is 16.7 Å². The van der Waals surface area contributed by atoms with Crippen molar-refractivity contribution < 1.29 is 19.4 Å². The highest BCUT2D eigenvalue weighted by atomic mass is 16.5. The van der Waals surface area contributed by atoms with Crippen molar-refractivity contribution in [1.29, 1.82) is 0 Å². The number of ether oxygens (including phenoxy) is 2. The van der Waals surface area contributed by atoms with Crippen molar-refractivity contribution in [1.82, 2.24) is 4.90 Å². The molecule has 170 valence electrons. The largest absolute Gasteiger partial charge is 0.503 e. The second-order valence-corrected chi connectivity index (χ2v) is 8.46. The number of para-hydroxylation sites is 1. The zero-order chi connectivity index (χ0) is 23.5. The summed E-state index contributed by atoms with van der Waals surface area (Å²) in [6, 6.07) is 22.9. The number of hydrogen-bond acceptors (Lipinski definition) is 4. The zero-order valence-electron chi connectivity index (χ0n) is 19.4. The highest BCUT2D eigenvalue weighted by molar-refractivity contribution is 6.05. The van der Waals surface area contributed by atoms with Gasteiger partial charge in [0.1, 0.15) is 11.5 Å². The maximum absolute atomic E-state index is 13.3. The lowest BCUT2D eigenvalue weighted by molar-refractivity contribution is -0.130. The number of carbonyl (C=O) groups excluding carboxylic acids is 1. The van der Waals surface area contributed by atoms with Crippen LogP contribution in [0.4, 0.5) is 0 Å². The van der Waals surface area contributed by atoms with E-state index in [1.54, 1.807) is 19.1 Å². The summed E-state index contributed by atoms with van der Waals surface area (Å²) in [5.74, 6) is 1.19. The van der Waals surface area contributed by atoms with Gasteiger partial charge in [-0.05, 0) is 40.8 Å². The maximum Gasteiger partial charge on any atom is 0.290 e. The average Bonchev–Trinajstić information content (AvgIpc) is 3.09. The second kappa shape index (κ2) is 9.41. The Morgan fingerprint density at radius 3 is 2.18 bits per heavy atom. The zero-order valence-corrected chi connectivity index (χ0v) is 19.4. The topological polar surface area (TPSA) is 59.0 Å². The van der Waals surface area contributed by atoms with Crippen LogP contribution >= 0.6 is 0 Å². The molecule has 5 heteroatoms. The van der Waals surface area contributed by atoms with Crippen molar-refractivity contribution in [3.8, 4) is 11.5 Å². The minimum absolute atomic E-state index is 0.229. The molecule has 0 saturated heterocycles. The van der Waals surface area contributed by atoms with Crippen molar-refractivity contribution in [2.75, 3.05) is 14.2 Å². The van der Waals surface area contributed by atoms with E-state index in [2.05, 4.69) is 26.0 Å². The Hall–Kier alpha value is -3.73. The number of aliphatic hydroxyl groups excluding tert-OH is 1. The van der Waals surface area contributed by atoms with Gasteiger partial charge in [0.2, 0.25) is 0 Å². The van der Waals surface area contributed by atoms with Gasteiger partial charge in [-0.15, -0.1) is 0 Å². The summed E-state index contributed by atoms with van der Waals surface area (Å²) in [4.78, 5) is 15.0. The molecule has 0 aromatic heterocycles. The van der Waals surface area contributed by atoms with E-state index in [-0.39, 0.29) is 5.76 Å². The van der Waals surface area contributed by atoms with E-state index >= 15 is 0 Å². The first kappa shape index (κ1) is 22.5. The molecule has 1 N–H and O–H groups in total. The van der Waals surface area contributed by atoms with E-state index in [1.807, 2.05) is 60.7 Å². The molecule has 3 aromatic rings. The van der Waals surface area contributed by atoms with Gasteiger partial charge in [0, 0.05) is 11.1 Å². The molecule has 0 fully saturated rings. The van der Waals surface area contributed by atoms with Crippen molar-refractivity contribution in [3.05, 3.63) is 101 Å². The fourth-order valence-corrected chi connectivity index (χ4v) is 4.31. The van der Waals surface area contributed by atoms with E-state index in [0.29, 0.717) is 29.5 Å². The van der Waals surface area contributed by atoms with Gasteiger partial charge in [-0.3, -0.25) is 4.79 Å². The Morgan fingerprint density at radius 1 is 0.909 bits per heavy atom. The molecule has 1 aliphatic heterocycles. The Labute approximate surface area is 194 Å². The molecule has 4 rings (SSSR count). The molecule has 1 atom stereocenters. The fourth-order valence-electron chi connectivity index (χ4n) is 4.31. The summed E-state index contributed by atoms with van der Waals surface area (Å²) in [5, 5.41) is 11.0. The van der Waals surface area contributed by atoms with E-state index < -0.39 is 11.9 Å². The third-order valence-electron chi connectivity index (χ3n) is 6.16. The molecule has 0 bridgehead atoms. The molecule has 0 spiro atoms. The summed E-state index contributed by atoms with van der Waals surface area (Å²) in [6.07, 6.45) is 0. The smallest absolute Gasteiger partial charge is 0.290 e. The number of nitrogens with zero attached hydrogens (tertiary/aromatic N) is 1. The number of benzene rings is 3. The molecule has 1 aliphatic rings. The molecule has 0 aliphatic carbocycles. The predicted molar refractivity (Wildman–Crippen MR) is 129 cm³/mol. The normalized spacial score (nSPS) is 16.0. The maximum atomic E-state index is 13.3. The summed E-state index contributed by atoms with van der Waals surface area (Å²) in [5.41, 5.74) is 4.41. The number of methoxy groups -OCH3 is 2. The van der Waals surface area contributed by atoms with Crippen molar-refractivity contribution >= 4 is 11.5 Å². The quantitative estimate of drug-likeness (QED) is 0.495. The van der Waals surface area contributed by atoms with E-state index in [1.165, 1.54) is 5.56 Å². The lowest BCUT2D eigenvalue weighted by atomic mass is 9.91. The van der Waals surface area contributed by atoms with Crippen LogP contribution in [0.15, 0.2) is 78.6 Å². The standard InChI is InChI=1S/C28H29NO4/c1-18(2)19-9-11-21(12-10-19)26-25(20-13-15-23(32-3)16-14-20)27(30)28(31)29(26)17-22-7-5-6-8-24(22)33-4/h5-16,18,26,30H,17H2,1-4H3/t26-/m1/s1. The van der Waals surface area contributed by atoms with Crippen molar-refractivity contribution in [2.45, 2.75) is 32.4 Å². The third-order valence-corrected chi connectivity index (χ3v) is 6.16. The first-order valence-electron chi connectivity index (χ1n) is 11.0. The molecule has 0 unspecified atom stereocenters. The Morgan fingerprint density at radius 2 is 1.58 bits per heavy atom. The minimum atomic E-state index is -0.433. The minimum Gasteiger partial charge on any atom is -0.503 e. The fraction of sp³-hybridized carbons (Fsp3) is 0.250. The van der Waals surface area contributed by atoms with Gasteiger partial charge in [-0.1, -0.05) is 68.4 Å². The average molecular weight is 444 g/mol. The van der Waals surface area contributed by atoms with Crippen LogP contribution in [0, 0.1) is 0 Å². The lowest BCUT2D eigenvalue weighted by Gasteiger charge is -2.28. The van der Waals surface area contributed by atoms with Gasteiger partial charge >= 0.3 is 0 Å². The van der Waals surface area contributed by atoms with E-state index in [9.17, 15) is 9.90 Å². The number of aliphatic hydroxyl groups is 1. The van der Waals surface area contributed by atoms with Gasteiger partial charge < -0.3 is 19.5 Å². The third kappa shape index (κ3) is 4.31. The Bertz CT molecular complexity index is 1160. The highest BCUT2D eigenvalue weighted by Crippen LogP contribution is 2.44. The summed E-state index contributed by atoms with van der Waals surface area (Å²) in [6.45, 7) is 4.61.